The summed E-state index contributed by atoms with van der Waals surface area (Å²) in [5, 5.41) is 9.15. The van der Waals surface area contributed by atoms with E-state index in [2.05, 4.69) is 0 Å². The van der Waals surface area contributed by atoms with Crippen LogP contribution in [0.2, 0.25) is 0 Å². The molecule has 1 aromatic carbocycles. The molecule has 0 saturated heterocycles. The van der Waals surface area contributed by atoms with Crippen molar-refractivity contribution in [1.82, 2.24) is 4.57 Å². The predicted octanol–water partition coefficient (Wildman–Crippen LogP) is 2.67. The van der Waals surface area contributed by atoms with E-state index < -0.39 is 11.9 Å². The highest BCUT2D eigenvalue weighted by molar-refractivity contribution is 5.96. The van der Waals surface area contributed by atoms with Crippen LogP contribution in [0.4, 0.5) is 5.69 Å². The molecule has 7 nitrogen and oxygen atoms in total. The van der Waals surface area contributed by atoms with Gasteiger partial charge in [0.1, 0.15) is 6.07 Å². The molecule has 0 fully saturated rings. The summed E-state index contributed by atoms with van der Waals surface area (Å²) in [6.07, 6.45) is 3.15. The van der Waals surface area contributed by atoms with Crippen molar-refractivity contribution < 1.29 is 19.1 Å². The van der Waals surface area contributed by atoms with Crippen molar-refractivity contribution >= 4 is 17.6 Å². The lowest BCUT2D eigenvalue weighted by molar-refractivity contribution is 0.0499. The number of nitriles is 1. The zero-order valence-corrected chi connectivity index (χ0v) is 14.1. The standard InChI is InChI=1S/C18H19N3O4/c1-3-4-8-25-17(22)12-6-5-7-14(9-12)21-11-13(10-19)15(20)16(21)18(23)24-2/h5-7,9,11H,3-4,8,20H2,1-2H3. The van der Waals surface area contributed by atoms with E-state index in [9.17, 15) is 9.59 Å². The minimum Gasteiger partial charge on any atom is -0.464 e. The lowest BCUT2D eigenvalue weighted by atomic mass is 10.2. The molecular weight excluding hydrogens is 322 g/mol. The summed E-state index contributed by atoms with van der Waals surface area (Å²) in [5.41, 5.74) is 6.93. The van der Waals surface area contributed by atoms with Crippen molar-refractivity contribution in [2.24, 2.45) is 0 Å². The number of anilines is 1. The van der Waals surface area contributed by atoms with Gasteiger partial charge in [-0.15, -0.1) is 0 Å². The van der Waals surface area contributed by atoms with Gasteiger partial charge in [-0.25, -0.2) is 9.59 Å². The maximum absolute atomic E-state index is 12.1. The van der Waals surface area contributed by atoms with Gasteiger partial charge < -0.3 is 19.8 Å². The van der Waals surface area contributed by atoms with Crippen molar-refractivity contribution in [3.05, 3.63) is 47.3 Å². The normalized spacial score (nSPS) is 10.1. The summed E-state index contributed by atoms with van der Waals surface area (Å²) in [4.78, 5) is 24.1. The van der Waals surface area contributed by atoms with Gasteiger partial charge in [0.2, 0.25) is 0 Å². The Hall–Kier alpha value is -3.27. The third-order valence-corrected chi connectivity index (χ3v) is 3.63. The number of nitrogens with zero attached hydrogens (tertiary/aromatic N) is 2. The van der Waals surface area contributed by atoms with E-state index in [-0.39, 0.29) is 16.9 Å². The SMILES string of the molecule is CCCCOC(=O)c1cccc(-n2cc(C#N)c(N)c2C(=O)OC)c1. The molecule has 1 heterocycles. The summed E-state index contributed by atoms with van der Waals surface area (Å²) < 4.78 is 11.4. The number of carbonyl (C=O) groups is 2. The lowest BCUT2D eigenvalue weighted by Gasteiger charge is -2.10. The minimum absolute atomic E-state index is 0.0327. The largest absolute Gasteiger partial charge is 0.464 e. The highest BCUT2D eigenvalue weighted by atomic mass is 16.5. The highest BCUT2D eigenvalue weighted by Gasteiger charge is 2.22. The van der Waals surface area contributed by atoms with Crippen LogP contribution in [-0.4, -0.2) is 30.2 Å². The van der Waals surface area contributed by atoms with Gasteiger partial charge in [0, 0.05) is 11.9 Å². The molecule has 0 spiro atoms. The van der Waals surface area contributed by atoms with Gasteiger partial charge in [0.15, 0.2) is 5.69 Å². The van der Waals surface area contributed by atoms with Gasteiger partial charge in [-0.3, -0.25) is 0 Å². The quantitative estimate of drug-likeness (QED) is 0.639. The lowest BCUT2D eigenvalue weighted by Crippen LogP contribution is -2.12. The molecule has 0 atom stereocenters. The summed E-state index contributed by atoms with van der Waals surface area (Å²) in [7, 11) is 1.23. The van der Waals surface area contributed by atoms with Crippen LogP contribution >= 0.6 is 0 Å². The number of carbonyl (C=O) groups excluding carboxylic acids is 2. The van der Waals surface area contributed by atoms with Crippen molar-refractivity contribution in [2.75, 3.05) is 19.5 Å². The first-order valence-corrected chi connectivity index (χ1v) is 7.80. The molecule has 0 aliphatic heterocycles. The molecule has 0 amide bonds. The number of nitrogens with two attached hydrogens (primary N) is 1. The van der Waals surface area contributed by atoms with Gasteiger partial charge in [-0.2, -0.15) is 5.26 Å². The zero-order chi connectivity index (χ0) is 18.4. The molecule has 2 rings (SSSR count). The molecule has 25 heavy (non-hydrogen) atoms. The molecule has 0 saturated carbocycles. The van der Waals surface area contributed by atoms with E-state index >= 15 is 0 Å². The molecule has 130 valence electrons. The molecule has 0 unspecified atom stereocenters. The molecular formula is C18H19N3O4. The monoisotopic (exact) mass is 341 g/mol. The van der Waals surface area contributed by atoms with Crippen molar-refractivity contribution in [3.8, 4) is 11.8 Å². The number of unbranched alkanes of at least 4 members (excludes halogenated alkanes) is 1. The van der Waals surface area contributed by atoms with Gasteiger partial charge in [0.25, 0.3) is 0 Å². The van der Waals surface area contributed by atoms with Crippen LogP contribution in [0.25, 0.3) is 5.69 Å². The van der Waals surface area contributed by atoms with Gasteiger partial charge >= 0.3 is 11.9 Å². The molecule has 0 aliphatic carbocycles. The number of benzene rings is 1. The first-order valence-electron chi connectivity index (χ1n) is 7.80. The number of rotatable bonds is 6. The second-order valence-electron chi connectivity index (χ2n) is 5.32. The Morgan fingerprint density at radius 1 is 1.32 bits per heavy atom. The van der Waals surface area contributed by atoms with Crippen molar-refractivity contribution in [3.63, 3.8) is 0 Å². The molecule has 1 aromatic heterocycles. The topological polar surface area (TPSA) is 107 Å². The summed E-state index contributed by atoms with van der Waals surface area (Å²) >= 11 is 0. The number of nitrogen functional groups attached to an aromatic ring is 1. The van der Waals surface area contributed by atoms with Crippen molar-refractivity contribution in [2.45, 2.75) is 19.8 Å². The second-order valence-corrected chi connectivity index (χ2v) is 5.32. The number of ether oxygens (including phenoxy) is 2. The molecule has 0 aliphatic rings. The number of hydrogen-bond donors (Lipinski definition) is 1. The van der Waals surface area contributed by atoms with Crippen molar-refractivity contribution in [1.29, 1.82) is 5.26 Å². The fourth-order valence-corrected chi connectivity index (χ4v) is 2.29. The third-order valence-electron chi connectivity index (χ3n) is 3.63. The average Bonchev–Trinajstić information content (AvgIpc) is 2.97. The first kappa shape index (κ1) is 18.1. The Labute approximate surface area is 145 Å². The number of methoxy groups -OCH3 is 1. The Balaban J connectivity index is 2.43. The fraction of sp³-hybridized carbons (Fsp3) is 0.278. The number of aromatic nitrogens is 1. The summed E-state index contributed by atoms with van der Waals surface area (Å²) in [6, 6.07) is 8.47. The smallest absolute Gasteiger partial charge is 0.357 e. The Bertz CT molecular complexity index is 833. The maximum atomic E-state index is 12.1. The Morgan fingerprint density at radius 3 is 2.72 bits per heavy atom. The van der Waals surface area contributed by atoms with E-state index in [1.807, 2.05) is 13.0 Å². The van der Waals surface area contributed by atoms with Gasteiger partial charge in [-0.1, -0.05) is 19.4 Å². The van der Waals surface area contributed by atoms with Crippen LogP contribution in [0.1, 0.15) is 46.2 Å². The zero-order valence-electron chi connectivity index (χ0n) is 14.1. The first-order chi connectivity index (χ1) is 12.0. The third kappa shape index (κ3) is 3.80. The molecule has 0 radical (unpaired) electrons. The second kappa shape index (κ2) is 8.02. The summed E-state index contributed by atoms with van der Waals surface area (Å²) in [5.74, 6) is -1.12. The van der Waals surface area contributed by atoms with Gasteiger partial charge in [-0.05, 0) is 24.6 Å². The van der Waals surface area contributed by atoms with Crippen LogP contribution in [0.5, 0.6) is 0 Å². The van der Waals surface area contributed by atoms with Crippen LogP contribution in [-0.2, 0) is 9.47 Å². The molecule has 7 heteroatoms. The summed E-state index contributed by atoms with van der Waals surface area (Å²) in [6.45, 7) is 2.36. The maximum Gasteiger partial charge on any atom is 0.357 e. The van der Waals surface area contributed by atoms with Crippen LogP contribution in [0.15, 0.2) is 30.5 Å². The van der Waals surface area contributed by atoms with E-state index in [1.54, 1.807) is 24.3 Å². The van der Waals surface area contributed by atoms with Crippen LogP contribution in [0.3, 0.4) is 0 Å². The molecule has 0 bridgehead atoms. The minimum atomic E-state index is -0.671. The highest BCUT2D eigenvalue weighted by Crippen LogP contribution is 2.25. The molecule has 2 N–H and O–H groups in total. The van der Waals surface area contributed by atoms with E-state index in [0.717, 1.165) is 12.8 Å². The fourth-order valence-electron chi connectivity index (χ4n) is 2.29. The van der Waals surface area contributed by atoms with E-state index in [4.69, 9.17) is 20.5 Å². The molecule has 2 aromatic rings. The number of hydrogen-bond acceptors (Lipinski definition) is 6. The van der Waals surface area contributed by atoms with Crippen LogP contribution in [0, 0.1) is 11.3 Å². The Kier molecular flexibility index (Phi) is 5.79. The number of esters is 2. The van der Waals surface area contributed by atoms with Gasteiger partial charge in [0.05, 0.1) is 30.5 Å². The average molecular weight is 341 g/mol. The van der Waals surface area contributed by atoms with Crippen LogP contribution < -0.4 is 5.73 Å². The predicted molar refractivity (Wildman–Crippen MR) is 91.4 cm³/mol. The van der Waals surface area contributed by atoms with E-state index in [1.165, 1.54) is 17.9 Å². The Morgan fingerprint density at radius 2 is 2.08 bits per heavy atom. The van der Waals surface area contributed by atoms with E-state index in [0.29, 0.717) is 17.9 Å².